The van der Waals surface area contributed by atoms with Crippen LogP contribution in [-0.2, 0) is 16.0 Å². The Bertz CT molecular complexity index is 1450. The van der Waals surface area contributed by atoms with Gasteiger partial charge in [-0.25, -0.2) is 19.2 Å². The molecule has 3 aliphatic rings. The predicted octanol–water partition coefficient (Wildman–Crippen LogP) is 3.71. The number of benzene rings is 1. The van der Waals surface area contributed by atoms with E-state index in [1.807, 2.05) is 19.9 Å². The number of hydrogen-bond donors (Lipinski definition) is 2. The summed E-state index contributed by atoms with van der Waals surface area (Å²) in [6, 6.07) is 12.2. The van der Waals surface area contributed by atoms with E-state index >= 15 is 0 Å². The molecule has 2 fully saturated rings. The number of nitrogens with one attached hydrogen (secondary N) is 2. The number of nitrogens with zero attached hydrogens (tertiary/aromatic N) is 4. The Balaban J connectivity index is 1.15. The number of pyridine rings is 2. The number of urea groups is 1. The number of anilines is 3. The van der Waals surface area contributed by atoms with Crippen molar-refractivity contribution < 1.29 is 28.2 Å². The molecule has 1 aromatic carbocycles. The molecule has 0 aliphatic carbocycles. The van der Waals surface area contributed by atoms with Crippen LogP contribution in [0.5, 0.6) is 5.75 Å². The normalized spacial score (nSPS) is 20.5. The maximum Gasteiger partial charge on any atom is 0.329 e. The van der Waals surface area contributed by atoms with Crippen molar-refractivity contribution in [3.8, 4) is 5.75 Å². The molecule has 3 amide bonds. The van der Waals surface area contributed by atoms with Gasteiger partial charge in [-0.05, 0) is 56.2 Å². The van der Waals surface area contributed by atoms with Crippen LogP contribution in [0.25, 0.3) is 0 Å². The first-order chi connectivity index (χ1) is 19.7. The molecule has 3 aliphatic heterocycles. The van der Waals surface area contributed by atoms with Crippen LogP contribution in [0.2, 0.25) is 0 Å². The van der Waals surface area contributed by atoms with E-state index in [9.17, 15) is 14.0 Å². The first-order valence-corrected chi connectivity index (χ1v) is 13.5. The van der Waals surface area contributed by atoms with Gasteiger partial charge in [-0.1, -0.05) is 12.1 Å². The van der Waals surface area contributed by atoms with Crippen LogP contribution in [0.15, 0.2) is 54.7 Å². The predicted molar refractivity (Wildman–Crippen MR) is 149 cm³/mol. The fourth-order valence-electron chi connectivity index (χ4n) is 5.25. The summed E-state index contributed by atoms with van der Waals surface area (Å²) in [6.07, 6.45) is 2.13. The quantitative estimate of drug-likeness (QED) is 0.448. The van der Waals surface area contributed by atoms with E-state index in [0.717, 1.165) is 24.2 Å². The van der Waals surface area contributed by atoms with Crippen LogP contribution >= 0.6 is 0 Å². The lowest BCUT2D eigenvalue weighted by Gasteiger charge is -2.35. The number of carbonyl (C=O) groups is 2. The molecule has 3 aromatic rings. The van der Waals surface area contributed by atoms with Gasteiger partial charge in [-0.3, -0.25) is 15.0 Å². The van der Waals surface area contributed by atoms with Crippen molar-refractivity contribution in [1.82, 2.24) is 15.3 Å². The molecular formula is C29H31FN6O5. The first kappa shape index (κ1) is 26.9. The number of fused-ring (bicyclic) bond motifs is 4. The van der Waals surface area contributed by atoms with Gasteiger partial charge in [-0.2, -0.15) is 0 Å². The number of hydrogen-bond acceptors (Lipinski definition) is 8. The number of aromatic nitrogens is 2. The highest BCUT2D eigenvalue weighted by Gasteiger charge is 2.40. The maximum absolute atomic E-state index is 13.6. The second-order valence-electron chi connectivity index (χ2n) is 10.7. The molecule has 5 heterocycles. The zero-order valence-electron chi connectivity index (χ0n) is 22.8. The van der Waals surface area contributed by atoms with Gasteiger partial charge in [0.1, 0.15) is 35.8 Å². The van der Waals surface area contributed by atoms with Crippen molar-refractivity contribution in [2.24, 2.45) is 0 Å². The standard InChI is InChI=1S/C29H31FN6O5/c1-29(2)40-17-22(41-29)16-39-21-9-11-31-25(13-21)34-28(38)36-20-10-12-35(15-20)24-8-7-23(33-26(24)36)27(37)32-14-18-3-5-19(30)6-4-18/h3-9,11,13,20,22H,10,12,14-17H2,1-2H3,(H,32,37)(H,31,34,38)/t20-,22?/m0/s1. The minimum Gasteiger partial charge on any atom is -0.491 e. The molecule has 2 N–H and O–H groups in total. The summed E-state index contributed by atoms with van der Waals surface area (Å²) < 4.78 is 30.4. The molecular weight excluding hydrogens is 531 g/mol. The number of carbonyl (C=O) groups excluding carboxylic acids is 2. The Morgan fingerprint density at radius 1 is 1.17 bits per heavy atom. The molecule has 2 saturated heterocycles. The Morgan fingerprint density at radius 2 is 2.00 bits per heavy atom. The molecule has 214 valence electrons. The molecule has 0 radical (unpaired) electrons. The highest BCUT2D eigenvalue weighted by molar-refractivity contribution is 6.05. The van der Waals surface area contributed by atoms with E-state index in [-0.39, 0.29) is 30.2 Å². The number of ether oxygens (including phenoxy) is 3. The molecule has 0 spiro atoms. The summed E-state index contributed by atoms with van der Waals surface area (Å²) in [4.78, 5) is 39.2. The van der Waals surface area contributed by atoms with Gasteiger partial charge in [0.15, 0.2) is 11.6 Å². The minimum absolute atomic E-state index is 0.102. The van der Waals surface area contributed by atoms with Gasteiger partial charge in [0.05, 0.1) is 18.3 Å². The van der Waals surface area contributed by atoms with Crippen molar-refractivity contribution in [2.75, 3.05) is 41.4 Å². The number of amides is 3. The second kappa shape index (κ2) is 10.9. The Morgan fingerprint density at radius 3 is 2.78 bits per heavy atom. The molecule has 0 saturated carbocycles. The minimum atomic E-state index is -0.636. The zero-order chi connectivity index (χ0) is 28.6. The third kappa shape index (κ3) is 5.93. The third-order valence-corrected chi connectivity index (χ3v) is 7.24. The maximum atomic E-state index is 13.6. The average Bonchev–Trinajstić information content (AvgIpc) is 3.54. The van der Waals surface area contributed by atoms with E-state index < -0.39 is 17.7 Å². The van der Waals surface area contributed by atoms with Gasteiger partial charge in [0.25, 0.3) is 5.91 Å². The SMILES string of the molecule is CC1(C)OCC(COc2ccnc(NC(=O)N3c4nc(C(=O)NCc5ccc(F)cc5)ccc4N4CC[C@H]3C4)c2)O1. The van der Waals surface area contributed by atoms with Crippen molar-refractivity contribution in [3.63, 3.8) is 0 Å². The fraction of sp³-hybridized carbons (Fsp3) is 0.379. The van der Waals surface area contributed by atoms with E-state index in [2.05, 4.69) is 25.5 Å². The molecule has 2 atom stereocenters. The fourth-order valence-corrected chi connectivity index (χ4v) is 5.25. The highest BCUT2D eigenvalue weighted by atomic mass is 19.1. The summed E-state index contributed by atoms with van der Waals surface area (Å²) in [5.41, 5.74) is 1.73. The van der Waals surface area contributed by atoms with E-state index in [4.69, 9.17) is 14.2 Å². The van der Waals surface area contributed by atoms with Gasteiger partial charge in [0, 0.05) is 31.9 Å². The van der Waals surface area contributed by atoms with Crippen LogP contribution in [0.3, 0.4) is 0 Å². The third-order valence-electron chi connectivity index (χ3n) is 7.24. The largest absolute Gasteiger partial charge is 0.491 e. The van der Waals surface area contributed by atoms with Crippen LogP contribution < -0.4 is 25.2 Å². The summed E-state index contributed by atoms with van der Waals surface area (Å²) >= 11 is 0. The van der Waals surface area contributed by atoms with Gasteiger partial charge < -0.3 is 24.4 Å². The molecule has 2 aromatic heterocycles. The van der Waals surface area contributed by atoms with Crippen LogP contribution in [-0.4, -0.2) is 66.1 Å². The van der Waals surface area contributed by atoms with Crippen molar-refractivity contribution in [3.05, 3.63) is 71.8 Å². The number of rotatable bonds is 7. The summed E-state index contributed by atoms with van der Waals surface area (Å²) in [7, 11) is 0. The molecule has 2 bridgehead atoms. The molecule has 1 unspecified atom stereocenters. The van der Waals surface area contributed by atoms with E-state index in [1.54, 1.807) is 41.4 Å². The highest BCUT2D eigenvalue weighted by Crippen LogP contribution is 2.39. The molecule has 6 rings (SSSR count). The zero-order valence-corrected chi connectivity index (χ0v) is 22.8. The lowest BCUT2D eigenvalue weighted by atomic mass is 10.1. The second-order valence-corrected chi connectivity index (χ2v) is 10.7. The lowest BCUT2D eigenvalue weighted by molar-refractivity contribution is -0.141. The van der Waals surface area contributed by atoms with Gasteiger partial charge >= 0.3 is 6.03 Å². The number of halogens is 1. The van der Waals surface area contributed by atoms with Crippen LogP contribution in [0.4, 0.5) is 26.5 Å². The Hall–Kier alpha value is -4.29. The summed E-state index contributed by atoms with van der Waals surface area (Å²) in [6.45, 7) is 6.13. The molecule has 11 nitrogen and oxygen atoms in total. The van der Waals surface area contributed by atoms with Crippen molar-refractivity contribution in [1.29, 1.82) is 0 Å². The molecule has 12 heteroatoms. The smallest absolute Gasteiger partial charge is 0.329 e. The average molecular weight is 563 g/mol. The first-order valence-electron chi connectivity index (χ1n) is 13.5. The van der Waals surface area contributed by atoms with Gasteiger partial charge in [0.2, 0.25) is 0 Å². The van der Waals surface area contributed by atoms with Crippen molar-refractivity contribution in [2.45, 2.75) is 44.7 Å². The summed E-state index contributed by atoms with van der Waals surface area (Å²) in [5, 5.41) is 5.68. The topological polar surface area (TPSA) is 118 Å². The van der Waals surface area contributed by atoms with Crippen LogP contribution in [0, 0.1) is 5.82 Å². The van der Waals surface area contributed by atoms with Crippen molar-refractivity contribution >= 4 is 29.3 Å². The van der Waals surface area contributed by atoms with Crippen LogP contribution in [0.1, 0.15) is 36.3 Å². The van der Waals surface area contributed by atoms with Gasteiger partial charge in [-0.15, -0.1) is 0 Å². The molecule has 41 heavy (non-hydrogen) atoms. The summed E-state index contributed by atoms with van der Waals surface area (Å²) in [5.74, 6) is -0.0920. The lowest BCUT2D eigenvalue weighted by Crippen LogP contribution is -2.48. The van der Waals surface area contributed by atoms with E-state index in [1.165, 1.54) is 12.1 Å². The van der Waals surface area contributed by atoms with E-state index in [0.29, 0.717) is 37.1 Å². The Labute approximate surface area is 236 Å². The monoisotopic (exact) mass is 562 g/mol. The Kier molecular flexibility index (Phi) is 7.18.